The molecule has 3 rings (SSSR count). The maximum atomic E-state index is 12.0. The first-order chi connectivity index (χ1) is 9.11. The summed E-state index contributed by atoms with van der Waals surface area (Å²) in [6.45, 7) is 0.618. The van der Waals surface area contributed by atoms with Crippen LogP contribution in [0.15, 0.2) is 24.3 Å². The minimum atomic E-state index is -0.182. The number of rotatable bonds is 3. The number of anilines is 1. The van der Waals surface area contributed by atoms with Gasteiger partial charge in [0.05, 0.1) is 6.10 Å². The fraction of sp³-hybridized carbons (Fsp3) is 0.357. The molecular weight excluding hydrogens is 242 g/mol. The van der Waals surface area contributed by atoms with Gasteiger partial charge in [0.1, 0.15) is 5.69 Å². The topological polar surface area (TPSA) is 91.1 Å². The summed E-state index contributed by atoms with van der Waals surface area (Å²) < 4.78 is 0. The lowest BCUT2D eigenvalue weighted by molar-refractivity contribution is 0.0420. The Morgan fingerprint density at radius 2 is 2.21 bits per heavy atom. The molecule has 0 aliphatic heterocycles. The number of H-pyrrole nitrogens is 1. The van der Waals surface area contributed by atoms with Gasteiger partial charge in [0.25, 0.3) is 5.91 Å². The normalized spacial score (nSPS) is 22.2. The average molecular weight is 259 g/mol. The molecule has 1 aromatic heterocycles. The number of fused-ring (bicyclic) bond motifs is 1. The second kappa shape index (κ2) is 4.59. The largest absolute Gasteiger partial charge is 0.399 e. The molecule has 19 heavy (non-hydrogen) atoms. The molecule has 0 atom stereocenters. The van der Waals surface area contributed by atoms with Crippen LogP contribution in [0.3, 0.4) is 0 Å². The highest BCUT2D eigenvalue weighted by molar-refractivity contribution is 5.98. The standard InChI is InChI=1S/C14H17N3O2/c15-10-1-2-12-9(5-10)6-13(17-12)14(19)16-7-8-3-11(18)4-8/h1-2,5-6,8,11,17-18H,3-4,7,15H2,(H,16,19). The molecule has 0 radical (unpaired) electrons. The summed E-state index contributed by atoms with van der Waals surface area (Å²) in [6, 6.07) is 7.31. The minimum absolute atomic E-state index is 0.115. The molecular formula is C14H17N3O2. The van der Waals surface area contributed by atoms with E-state index in [1.807, 2.05) is 12.1 Å². The highest BCUT2D eigenvalue weighted by atomic mass is 16.3. The Hall–Kier alpha value is -2.01. The average Bonchev–Trinajstić information content (AvgIpc) is 2.75. The van der Waals surface area contributed by atoms with E-state index in [-0.39, 0.29) is 12.0 Å². The smallest absolute Gasteiger partial charge is 0.267 e. The van der Waals surface area contributed by atoms with Gasteiger partial charge in [-0.15, -0.1) is 0 Å². The second-order valence-corrected chi connectivity index (χ2v) is 5.23. The van der Waals surface area contributed by atoms with Crippen molar-refractivity contribution in [1.82, 2.24) is 10.3 Å². The van der Waals surface area contributed by atoms with Crippen molar-refractivity contribution in [2.75, 3.05) is 12.3 Å². The number of benzene rings is 1. The Morgan fingerprint density at radius 3 is 2.95 bits per heavy atom. The monoisotopic (exact) mass is 259 g/mol. The molecule has 0 spiro atoms. The number of hydrogen-bond donors (Lipinski definition) is 4. The number of carbonyl (C=O) groups is 1. The number of aromatic amines is 1. The van der Waals surface area contributed by atoms with Crippen LogP contribution in [-0.2, 0) is 0 Å². The third-order valence-corrected chi connectivity index (χ3v) is 3.65. The summed E-state index contributed by atoms with van der Waals surface area (Å²) in [5.74, 6) is 0.287. The number of carbonyl (C=O) groups excluding carboxylic acids is 1. The molecule has 1 heterocycles. The van der Waals surface area contributed by atoms with Gasteiger partial charge in [0.15, 0.2) is 0 Å². The number of amides is 1. The SMILES string of the molecule is Nc1ccc2[nH]c(C(=O)NCC3CC(O)C3)cc2c1. The molecule has 1 amide bonds. The maximum absolute atomic E-state index is 12.0. The minimum Gasteiger partial charge on any atom is -0.399 e. The summed E-state index contributed by atoms with van der Waals surface area (Å²) in [7, 11) is 0. The van der Waals surface area contributed by atoms with Crippen LogP contribution in [0, 0.1) is 5.92 Å². The molecule has 1 fully saturated rings. The van der Waals surface area contributed by atoms with E-state index in [4.69, 9.17) is 5.73 Å². The van der Waals surface area contributed by atoms with E-state index in [0.717, 1.165) is 23.7 Å². The number of nitrogen functional groups attached to an aromatic ring is 1. The molecule has 1 saturated carbocycles. The summed E-state index contributed by atoms with van der Waals surface area (Å²) >= 11 is 0. The third-order valence-electron chi connectivity index (χ3n) is 3.65. The zero-order valence-electron chi connectivity index (χ0n) is 10.5. The molecule has 0 saturated heterocycles. The van der Waals surface area contributed by atoms with Crippen LogP contribution in [0.4, 0.5) is 5.69 Å². The number of aliphatic hydroxyl groups is 1. The van der Waals surface area contributed by atoms with E-state index in [0.29, 0.717) is 23.8 Å². The number of aromatic nitrogens is 1. The van der Waals surface area contributed by atoms with Crippen molar-refractivity contribution >= 4 is 22.5 Å². The molecule has 1 aliphatic rings. The van der Waals surface area contributed by atoms with Gasteiger partial charge in [0.2, 0.25) is 0 Å². The van der Waals surface area contributed by atoms with Crippen LogP contribution in [-0.4, -0.2) is 28.6 Å². The highest BCUT2D eigenvalue weighted by Crippen LogP contribution is 2.26. The van der Waals surface area contributed by atoms with E-state index in [2.05, 4.69) is 10.3 Å². The first kappa shape index (κ1) is 12.0. The van der Waals surface area contributed by atoms with E-state index in [1.165, 1.54) is 0 Å². The Balaban J connectivity index is 1.67. The Morgan fingerprint density at radius 1 is 1.42 bits per heavy atom. The maximum Gasteiger partial charge on any atom is 0.267 e. The van der Waals surface area contributed by atoms with Gasteiger partial charge in [0, 0.05) is 23.1 Å². The molecule has 0 bridgehead atoms. The zero-order chi connectivity index (χ0) is 13.4. The summed E-state index contributed by atoms with van der Waals surface area (Å²) in [6.07, 6.45) is 1.38. The van der Waals surface area contributed by atoms with Crippen LogP contribution in [0.2, 0.25) is 0 Å². The van der Waals surface area contributed by atoms with E-state index in [1.54, 1.807) is 12.1 Å². The van der Waals surface area contributed by atoms with E-state index >= 15 is 0 Å². The Labute approximate surface area is 110 Å². The lowest BCUT2D eigenvalue weighted by Crippen LogP contribution is -2.38. The van der Waals surface area contributed by atoms with Crippen molar-refractivity contribution in [2.24, 2.45) is 5.92 Å². The van der Waals surface area contributed by atoms with Gasteiger partial charge in [-0.1, -0.05) is 0 Å². The second-order valence-electron chi connectivity index (χ2n) is 5.23. The van der Waals surface area contributed by atoms with E-state index in [9.17, 15) is 9.90 Å². The van der Waals surface area contributed by atoms with Gasteiger partial charge in [-0.3, -0.25) is 4.79 Å². The van der Waals surface area contributed by atoms with Crippen molar-refractivity contribution in [3.8, 4) is 0 Å². The summed E-state index contributed by atoms with van der Waals surface area (Å²) in [5, 5.41) is 13.0. The van der Waals surface area contributed by atoms with Crippen LogP contribution in [0.1, 0.15) is 23.3 Å². The molecule has 2 aromatic rings. The van der Waals surface area contributed by atoms with Gasteiger partial charge < -0.3 is 21.1 Å². The molecule has 5 nitrogen and oxygen atoms in total. The fourth-order valence-electron chi connectivity index (χ4n) is 2.47. The van der Waals surface area contributed by atoms with Crippen LogP contribution < -0.4 is 11.1 Å². The molecule has 100 valence electrons. The lowest BCUT2D eigenvalue weighted by Gasteiger charge is -2.31. The van der Waals surface area contributed by atoms with Crippen molar-refractivity contribution < 1.29 is 9.90 Å². The van der Waals surface area contributed by atoms with Crippen molar-refractivity contribution in [3.63, 3.8) is 0 Å². The lowest BCUT2D eigenvalue weighted by atomic mass is 9.82. The number of nitrogens with two attached hydrogens (primary N) is 1. The van der Waals surface area contributed by atoms with Gasteiger partial charge in [-0.25, -0.2) is 0 Å². The zero-order valence-corrected chi connectivity index (χ0v) is 10.5. The van der Waals surface area contributed by atoms with E-state index < -0.39 is 0 Å². The molecule has 1 aromatic carbocycles. The van der Waals surface area contributed by atoms with Crippen molar-refractivity contribution in [1.29, 1.82) is 0 Å². The number of hydrogen-bond acceptors (Lipinski definition) is 3. The highest BCUT2D eigenvalue weighted by Gasteiger charge is 2.27. The Kier molecular flexibility index (Phi) is 2.91. The van der Waals surface area contributed by atoms with Crippen molar-refractivity contribution in [2.45, 2.75) is 18.9 Å². The number of nitrogens with one attached hydrogen (secondary N) is 2. The quantitative estimate of drug-likeness (QED) is 0.625. The predicted octanol–water partition coefficient (Wildman–Crippen LogP) is 1.25. The van der Waals surface area contributed by atoms with Crippen LogP contribution in [0.5, 0.6) is 0 Å². The van der Waals surface area contributed by atoms with Crippen LogP contribution in [0.25, 0.3) is 10.9 Å². The molecule has 5 heteroatoms. The van der Waals surface area contributed by atoms with Gasteiger partial charge >= 0.3 is 0 Å². The molecule has 0 unspecified atom stereocenters. The van der Waals surface area contributed by atoms with Gasteiger partial charge in [-0.2, -0.15) is 0 Å². The number of aliphatic hydroxyl groups excluding tert-OH is 1. The first-order valence-electron chi connectivity index (χ1n) is 6.46. The Bertz CT molecular complexity index is 614. The molecule has 5 N–H and O–H groups in total. The summed E-state index contributed by atoms with van der Waals surface area (Å²) in [5.41, 5.74) is 7.83. The van der Waals surface area contributed by atoms with Crippen LogP contribution >= 0.6 is 0 Å². The molecule has 1 aliphatic carbocycles. The predicted molar refractivity (Wildman–Crippen MR) is 73.8 cm³/mol. The first-order valence-corrected chi connectivity index (χ1v) is 6.46. The van der Waals surface area contributed by atoms with Crippen molar-refractivity contribution in [3.05, 3.63) is 30.0 Å². The third kappa shape index (κ3) is 2.42. The summed E-state index contributed by atoms with van der Waals surface area (Å²) in [4.78, 5) is 15.1. The fourth-order valence-corrected chi connectivity index (χ4v) is 2.47. The van der Waals surface area contributed by atoms with Gasteiger partial charge in [-0.05, 0) is 43.0 Å².